The smallest absolute Gasteiger partial charge is 0.180 e. The molecule has 1 N–H and O–H groups in total. The Morgan fingerprint density at radius 3 is 2.70 bits per heavy atom. The van der Waals surface area contributed by atoms with E-state index in [0.29, 0.717) is 23.0 Å². The van der Waals surface area contributed by atoms with Crippen molar-refractivity contribution in [2.24, 2.45) is 0 Å². The molecule has 0 aliphatic heterocycles. The molecule has 1 aromatic carbocycles. The second kappa shape index (κ2) is 6.39. The van der Waals surface area contributed by atoms with Gasteiger partial charge in [0.2, 0.25) is 0 Å². The highest BCUT2D eigenvalue weighted by Crippen LogP contribution is 2.24. The van der Waals surface area contributed by atoms with Crippen molar-refractivity contribution in [1.29, 1.82) is 0 Å². The molecule has 0 unspecified atom stereocenters. The van der Waals surface area contributed by atoms with Crippen LogP contribution in [0.2, 0.25) is 0 Å². The lowest BCUT2D eigenvalue weighted by atomic mass is 10.2. The van der Waals surface area contributed by atoms with Crippen LogP contribution in [0.5, 0.6) is 5.75 Å². The van der Waals surface area contributed by atoms with E-state index >= 15 is 0 Å². The number of benzene rings is 1. The number of nitrogens with zero attached hydrogens (tertiary/aromatic N) is 3. The van der Waals surface area contributed by atoms with Crippen molar-refractivity contribution in [3.63, 3.8) is 0 Å². The summed E-state index contributed by atoms with van der Waals surface area (Å²) < 4.78 is 18.5. The van der Waals surface area contributed by atoms with Crippen LogP contribution in [-0.2, 0) is 0 Å². The maximum atomic E-state index is 13.5. The molecule has 0 bridgehead atoms. The van der Waals surface area contributed by atoms with E-state index < -0.39 is 5.82 Å². The Morgan fingerprint density at radius 2 is 1.96 bits per heavy atom. The van der Waals surface area contributed by atoms with Crippen LogP contribution < -0.4 is 10.1 Å². The molecule has 0 atom stereocenters. The Bertz CT molecular complexity index is 824. The summed E-state index contributed by atoms with van der Waals surface area (Å²) in [5, 5.41) is 3.13. The van der Waals surface area contributed by atoms with Crippen molar-refractivity contribution in [2.75, 3.05) is 12.4 Å². The zero-order chi connectivity index (χ0) is 16.2. The Balaban J connectivity index is 1.93. The van der Waals surface area contributed by atoms with Crippen LogP contribution in [-0.4, -0.2) is 22.1 Å². The van der Waals surface area contributed by atoms with Gasteiger partial charge in [-0.25, -0.2) is 14.4 Å². The fourth-order valence-corrected chi connectivity index (χ4v) is 2.13. The van der Waals surface area contributed by atoms with E-state index in [1.165, 1.54) is 13.2 Å². The van der Waals surface area contributed by atoms with Gasteiger partial charge in [-0.05, 0) is 31.2 Å². The first kappa shape index (κ1) is 14.9. The van der Waals surface area contributed by atoms with Crippen LogP contribution in [0.4, 0.5) is 15.9 Å². The molecule has 3 aromatic rings. The van der Waals surface area contributed by atoms with Crippen LogP contribution in [0.3, 0.4) is 0 Å². The molecule has 6 heteroatoms. The normalized spacial score (nSPS) is 10.4. The zero-order valence-electron chi connectivity index (χ0n) is 12.7. The number of pyridine rings is 1. The number of hydrogen-bond acceptors (Lipinski definition) is 5. The summed E-state index contributed by atoms with van der Waals surface area (Å²) in [6.45, 7) is 1.88. The van der Waals surface area contributed by atoms with Crippen molar-refractivity contribution in [2.45, 2.75) is 6.92 Å². The summed E-state index contributed by atoms with van der Waals surface area (Å²) in [6.07, 6.45) is 1.69. The molecule has 2 heterocycles. The van der Waals surface area contributed by atoms with E-state index in [9.17, 15) is 4.39 Å². The van der Waals surface area contributed by atoms with Crippen LogP contribution in [0.1, 0.15) is 5.69 Å². The third kappa shape index (κ3) is 3.42. The molecular formula is C17H15FN4O. The Morgan fingerprint density at radius 1 is 1.09 bits per heavy atom. The van der Waals surface area contributed by atoms with Crippen LogP contribution in [0.15, 0.2) is 48.7 Å². The van der Waals surface area contributed by atoms with Crippen molar-refractivity contribution in [3.05, 3.63) is 60.2 Å². The highest BCUT2D eigenvalue weighted by molar-refractivity contribution is 5.61. The number of nitrogens with one attached hydrogen (secondary N) is 1. The van der Waals surface area contributed by atoms with Gasteiger partial charge in [-0.15, -0.1) is 0 Å². The fourth-order valence-electron chi connectivity index (χ4n) is 2.13. The maximum absolute atomic E-state index is 13.5. The van der Waals surface area contributed by atoms with Crippen LogP contribution in [0.25, 0.3) is 11.5 Å². The van der Waals surface area contributed by atoms with E-state index in [4.69, 9.17) is 4.74 Å². The van der Waals surface area contributed by atoms with Gasteiger partial charge in [0.05, 0.1) is 7.11 Å². The summed E-state index contributed by atoms with van der Waals surface area (Å²) in [4.78, 5) is 13.1. The second-order valence-electron chi connectivity index (χ2n) is 4.91. The molecule has 2 aromatic heterocycles. The van der Waals surface area contributed by atoms with Gasteiger partial charge in [0.15, 0.2) is 17.4 Å². The summed E-state index contributed by atoms with van der Waals surface area (Å²) in [5.41, 5.74) is 2.17. The first-order valence-corrected chi connectivity index (χ1v) is 7.03. The molecule has 0 aliphatic rings. The van der Waals surface area contributed by atoms with E-state index in [-0.39, 0.29) is 5.75 Å². The molecule has 0 radical (unpaired) electrons. The van der Waals surface area contributed by atoms with Crippen molar-refractivity contribution in [1.82, 2.24) is 15.0 Å². The number of rotatable bonds is 4. The van der Waals surface area contributed by atoms with Gasteiger partial charge in [-0.2, -0.15) is 0 Å². The zero-order valence-corrected chi connectivity index (χ0v) is 12.7. The largest absolute Gasteiger partial charge is 0.494 e. The van der Waals surface area contributed by atoms with Gasteiger partial charge in [0, 0.05) is 29.7 Å². The van der Waals surface area contributed by atoms with Crippen LogP contribution >= 0.6 is 0 Å². The molecule has 23 heavy (non-hydrogen) atoms. The topological polar surface area (TPSA) is 59.9 Å². The third-order valence-electron chi connectivity index (χ3n) is 3.17. The first-order valence-electron chi connectivity index (χ1n) is 7.03. The Kier molecular flexibility index (Phi) is 4.14. The average molecular weight is 310 g/mol. The van der Waals surface area contributed by atoms with Gasteiger partial charge >= 0.3 is 0 Å². The number of halogens is 1. The monoisotopic (exact) mass is 310 g/mol. The number of hydrogen-bond donors (Lipinski definition) is 1. The van der Waals surface area contributed by atoms with Crippen molar-refractivity contribution >= 4 is 11.5 Å². The number of aromatic nitrogens is 3. The summed E-state index contributed by atoms with van der Waals surface area (Å²) in [6, 6.07) is 11.9. The predicted molar refractivity (Wildman–Crippen MR) is 86.2 cm³/mol. The average Bonchev–Trinajstić information content (AvgIpc) is 2.57. The molecule has 0 spiro atoms. The van der Waals surface area contributed by atoms with Gasteiger partial charge in [0.1, 0.15) is 11.5 Å². The predicted octanol–water partition coefficient (Wildman–Crippen LogP) is 3.74. The molecule has 0 fully saturated rings. The number of methoxy groups -OCH3 is 1. The van der Waals surface area contributed by atoms with Crippen molar-refractivity contribution in [3.8, 4) is 17.3 Å². The highest BCUT2D eigenvalue weighted by atomic mass is 19.1. The van der Waals surface area contributed by atoms with Crippen LogP contribution in [0, 0.1) is 12.7 Å². The Labute approximate surface area is 133 Å². The SMILES string of the molecule is COc1cc(Nc2cc(C)nc(-c3ccccn3)n2)ccc1F. The maximum Gasteiger partial charge on any atom is 0.180 e. The quantitative estimate of drug-likeness (QED) is 0.795. The van der Waals surface area contributed by atoms with Gasteiger partial charge < -0.3 is 10.1 Å². The number of ether oxygens (including phenoxy) is 1. The number of anilines is 2. The molecular weight excluding hydrogens is 295 g/mol. The highest BCUT2D eigenvalue weighted by Gasteiger charge is 2.08. The minimum atomic E-state index is -0.411. The molecule has 3 rings (SSSR count). The minimum Gasteiger partial charge on any atom is -0.494 e. The van der Waals surface area contributed by atoms with Gasteiger partial charge in [-0.3, -0.25) is 4.98 Å². The lowest BCUT2D eigenvalue weighted by Crippen LogP contribution is -2.00. The van der Waals surface area contributed by atoms with E-state index in [2.05, 4.69) is 20.3 Å². The van der Waals surface area contributed by atoms with E-state index in [1.807, 2.05) is 31.2 Å². The second-order valence-corrected chi connectivity index (χ2v) is 4.91. The molecule has 5 nitrogen and oxygen atoms in total. The summed E-state index contributed by atoms with van der Waals surface area (Å²) >= 11 is 0. The summed E-state index contributed by atoms with van der Waals surface area (Å²) in [7, 11) is 1.43. The molecule has 116 valence electrons. The van der Waals surface area contributed by atoms with E-state index in [1.54, 1.807) is 18.3 Å². The molecule has 0 aliphatic carbocycles. The summed E-state index contributed by atoms with van der Waals surface area (Å²) in [5.74, 6) is 0.894. The minimum absolute atomic E-state index is 0.172. The van der Waals surface area contributed by atoms with E-state index in [0.717, 1.165) is 5.69 Å². The first-order chi connectivity index (χ1) is 11.2. The lowest BCUT2D eigenvalue weighted by Gasteiger charge is -2.10. The lowest BCUT2D eigenvalue weighted by molar-refractivity contribution is 0.387. The molecule has 0 amide bonds. The van der Waals surface area contributed by atoms with Crippen molar-refractivity contribution < 1.29 is 9.13 Å². The fraction of sp³-hybridized carbons (Fsp3) is 0.118. The standard InChI is InChI=1S/C17H15FN4O/c1-11-9-16(21-12-6-7-13(18)15(10-12)23-2)22-17(20-11)14-5-3-4-8-19-14/h3-10H,1-2H3,(H,20,21,22). The molecule has 0 saturated heterocycles. The van der Waals surface area contributed by atoms with Gasteiger partial charge in [0.25, 0.3) is 0 Å². The third-order valence-corrected chi connectivity index (χ3v) is 3.17. The number of aryl methyl sites for hydroxylation is 1. The Hall–Kier alpha value is -3.02. The molecule has 0 saturated carbocycles. The van der Waals surface area contributed by atoms with Gasteiger partial charge in [-0.1, -0.05) is 6.07 Å².